The molecule has 1 fully saturated rings. The molecule has 2 atom stereocenters. The largest absolute Gasteiger partial charge is 0.396 e. The number of fused-ring (bicyclic) bond motifs is 2. The highest BCUT2D eigenvalue weighted by Crippen LogP contribution is 2.53. The predicted octanol–water partition coefficient (Wildman–Crippen LogP) is 3.26. The van der Waals surface area contributed by atoms with Crippen LogP contribution in [0.3, 0.4) is 0 Å². The van der Waals surface area contributed by atoms with Crippen molar-refractivity contribution in [3.8, 4) is 0 Å². The third-order valence-corrected chi connectivity index (χ3v) is 5.50. The van der Waals surface area contributed by atoms with Crippen LogP contribution >= 0.6 is 0 Å². The van der Waals surface area contributed by atoms with Gasteiger partial charge in [-0.15, -0.1) is 0 Å². The summed E-state index contributed by atoms with van der Waals surface area (Å²) in [5.74, 6) is 1.37. The number of carbonyl (C=O) groups excluding carboxylic acids is 1. The van der Waals surface area contributed by atoms with Crippen molar-refractivity contribution in [3.05, 3.63) is 35.4 Å². The molecule has 20 heavy (non-hydrogen) atoms. The van der Waals surface area contributed by atoms with Gasteiger partial charge in [0.1, 0.15) is 5.78 Å². The summed E-state index contributed by atoms with van der Waals surface area (Å²) in [6.45, 7) is 2.40. The van der Waals surface area contributed by atoms with E-state index in [1.165, 1.54) is 11.1 Å². The Labute approximate surface area is 121 Å². The van der Waals surface area contributed by atoms with Gasteiger partial charge in [-0.05, 0) is 54.1 Å². The topological polar surface area (TPSA) is 37.3 Å². The molecular formula is C18H24O2. The van der Waals surface area contributed by atoms with Crippen LogP contribution in [0.15, 0.2) is 24.3 Å². The van der Waals surface area contributed by atoms with Crippen LogP contribution in [0.25, 0.3) is 0 Å². The molecule has 1 saturated carbocycles. The first-order valence-corrected chi connectivity index (χ1v) is 7.86. The van der Waals surface area contributed by atoms with Gasteiger partial charge in [-0.3, -0.25) is 4.79 Å². The number of aliphatic hydroxyl groups is 1. The Morgan fingerprint density at radius 2 is 2.00 bits per heavy atom. The molecule has 2 nitrogen and oxygen atoms in total. The molecule has 108 valence electrons. The number of hydrogen-bond acceptors (Lipinski definition) is 2. The number of benzene rings is 1. The highest BCUT2D eigenvalue weighted by molar-refractivity contribution is 5.79. The summed E-state index contributed by atoms with van der Waals surface area (Å²) >= 11 is 0. The van der Waals surface area contributed by atoms with Crippen molar-refractivity contribution in [3.63, 3.8) is 0 Å². The van der Waals surface area contributed by atoms with Gasteiger partial charge in [-0.2, -0.15) is 0 Å². The minimum absolute atomic E-state index is 0.202. The molecule has 0 aromatic heterocycles. The molecule has 2 aliphatic carbocycles. The Balaban J connectivity index is 1.94. The van der Waals surface area contributed by atoms with Crippen molar-refractivity contribution in [1.29, 1.82) is 0 Å². The SMILES string of the molecule is C[C@@H](CO)C[C@H]1Cc2ccccc2C12CCC(=O)CC2. The Kier molecular flexibility index (Phi) is 3.68. The Hall–Kier alpha value is -1.15. The number of carbonyl (C=O) groups is 1. The summed E-state index contributed by atoms with van der Waals surface area (Å²) in [4.78, 5) is 11.7. The van der Waals surface area contributed by atoms with Gasteiger partial charge >= 0.3 is 0 Å². The van der Waals surface area contributed by atoms with E-state index in [0.717, 1.165) is 38.5 Å². The first kappa shape index (κ1) is 13.8. The van der Waals surface area contributed by atoms with Crippen molar-refractivity contribution < 1.29 is 9.90 Å². The molecule has 1 N–H and O–H groups in total. The first-order chi connectivity index (χ1) is 9.65. The zero-order chi connectivity index (χ0) is 14.2. The van der Waals surface area contributed by atoms with Crippen molar-refractivity contribution in [2.24, 2.45) is 11.8 Å². The lowest BCUT2D eigenvalue weighted by molar-refractivity contribution is -0.121. The summed E-state index contributed by atoms with van der Waals surface area (Å²) in [5, 5.41) is 9.39. The molecule has 0 saturated heterocycles. The van der Waals surface area contributed by atoms with Crippen LogP contribution in [-0.4, -0.2) is 17.5 Å². The summed E-state index contributed by atoms with van der Waals surface area (Å²) in [6, 6.07) is 8.78. The molecule has 3 rings (SSSR count). The summed E-state index contributed by atoms with van der Waals surface area (Å²) < 4.78 is 0. The summed E-state index contributed by atoms with van der Waals surface area (Å²) in [7, 11) is 0. The fourth-order valence-electron chi connectivity index (χ4n) is 4.39. The van der Waals surface area contributed by atoms with Gasteiger partial charge in [0.05, 0.1) is 0 Å². The van der Waals surface area contributed by atoms with Gasteiger partial charge in [-0.25, -0.2) is 0 Å². The zero-order valence-electron chi connectivity index (χ0n) is 12.3. The van der Waals surface area contributed by atoms with Crippen LogP contribution in [0.5, 0.6) is 0 Å². The molecule has 0 aliphatic heterocycles. The van der Waals surface area contributed by atoms with E-state index in [2.05, 4.69) is 31.2 Å². The maximum atomic E-state index is 11.7. The normalized spacial score (nSPS) is 25.7. The van der Waals surface area contributed by atoms with E-state index < -0.39 is 0 Å². The van der Waals surface area contributed by atoms with Crippen LogP contribution in [0.4, 0.5) is 0 Å². The van der Waals surface area contributed by atoms with Gasteiger partial charge < -0.3 is 5.11 Å². The molecule has 0 unspecified atom stereocenters. The molecule has 0 bridgehead atoms. The lowest BCUT2D eigenvalue weighted by Crippen LogP contribution is -2.37. The maximum absolute atomic E-state index is 11.7. The molecule has 0 radical (unpaired) electrons. The molecular weight excluding hydrogens is 248 g/mol. The van der Waals surface area contributed by atoms with Crippen LogP contribution in [0.2, 0.25) is 0 Å². The fourth-order valence-corrected chi connectivity index (χ4v) is 4.39. The third kappa shape index (κ3) is 2.20. The molecule has 0 amide bonds. The molecule has 2 heteroatoms. The number of Topliss-reactive ketones (excluding diaryl/α,β-unsaturated/α-hetero) is 1. The third-order valence-electron chi connectivity index (χ3n) is 5.50. The van der Waals surface area contributed by atoms with E-state index in [-0.39, 0.29) is 12.0 Å². The van der Waals surface area contributed by atoms with Gasteiger partial charge in [0.15, 0.2) is 0 Å². The Morgan fingerprint density at radius 3 is 2.70 bits per heavy atom. The van der Waals surface area contributed by atoms with Crippen molar-refractivity contribution in [2.75, 3.05) is 6.61 Å². The average Bonchev–Trinajstić information content (AvgIpc) is 2.76. The maximum Gasteiger partial charge on any atom is 0.132 e. The molecule has 2 aliphatic rings. The van der Waals surface area contributed by atoms with Crippen molar-refractivity contribution in [2.45, 2.75) is 50.9 Å². The van der Waals surface area contributed by atoms with E-state index in [4.69, 9.17) is 0 Å². The molecule has 1 aromatic rings. The van der Waals surface area contributed by atoms with Gasteiger partial charge in [0.2, 0.25) is 0 Å². The lowest BCUT2D eigenvalue weighted by Gasteiger charge is -2.40. The van der Waals surface area contributed by atoms with E-state index in [9.17, 15) is 9.90 Å². The van der Waals surface area contributed by atoms with Gasteiger partial charge in [0, 0.05) is 19.4 Å². The standard InChI is InChI=1S/C18H24O2/c1-13(12-19)10-15-11-14-4-2-3-5-17(14)18(15)8-6-16(20)7-9-18/h2-5,13,15,19H,6-12H2,1H3/t13-,15+/m1/s1. The molecule has 1 spiro atoms. The number of ketones is 1. The van der Waals surface area contributed by atoms with Gasteiger partial charge in [-0.1, -0.05) is 31.2 Å². The minimum Gasteiger partial charge on any atom is -0.396 e. The smallest absolute Gasteiger partial charge is 0.132 e. The lowest BCUT2D eigenvalue weighted by atomic mass is 9.63. The summed E-state index contributed by atoms with van der Waals surface area (Å²) in [5.41, 5.74) is 3.16. The molecule has 1 aromatic carbocycles. The quantitative estimate of drug-likeness (QED) is 0.917. The first-order valence-electron chi connectivity index (χ1n) is 7.86. The van der Waals surface area contributed by atoms with E-state index in [1.807, 2.05) is 0 Å². The second-order valence-corrected chi connectivity index (χ2v) is 6.78. The average molecular weight is 272 g/mol. The second-order valence-electron chi connectivity index (χ2n) is 6.78. The van der Waals surface area contributed by atoms with Crippen LogP contribution < -0.4 is 0 Å². The van der Waals surface area contributed by atoms with Crippen molar-refractivity contribution >= 4 is 5.78 Å². The fraction of sp³-hybridized carbons (Fsp3) is 0.611. The number of rotatable bonds is 3. The monoisotopic (exact) mass is 272 g/mol. The van der Waals surface area contributed by atoms with Crippen LogP contribution in [-0.2, 0) is 16.6 Å². The zero-order valence-corrected chi connectivity index (χ0v) is 12.3. The summed E-state index contributed by atoms with van der Waals surface area (Å²) in [6.07, 6.45) is 5.67. The molecule has 0 heterocycles. The predicted molar refractivity (Wildman–Crippen MR) is 79.7 cm³/mol. The Morgan fingerprint density at radius 1 is 1.30 bits per heavy atom. The van der Waals surface area contributed by atoms with Gasteiger partial charge in [0.25, 0.3) is 0 Å². The van der Waals surface area contributed by atoms with E-state index in [1.54, 1.807) is 0 Å². The van der Waals surface area contributed by atoms with Crippen molar-refractivity contribution in [1.82, 2.24) is 0 Å². The highest BCUT2D eigenvalue weighted by atomic mass is 16.3. The van der Waals surface area contributed by atoms with Crippen LogP contribution in [0, 0.1) is 11.8 Å². The number of hydrogen-bond donors (Lipinski definition) is 1. The van der Waals surface area contributed by atoms with E-state index >= 15 is 0 Å². The minimum atomic E-state index is 0.202. The van der Waals surface area contributed by atoms with Crippen LogP contribution in [0.1, 0.15) is 50.2 Å². The van der Waals surface area contributed by atoms with E-state index in [0.29, 0.717) is 17.6 Å². The number of aliphatic hydroxyl groups excluding tert-OH is 1. The highest BCUT2D eigenvalue weighted by Gasteiger charge is 2.48. The Bertz CT molecular complexity index is 496. The second kappa shape index (κ2) is 5.33.